The number of nitrogens with zero attached hydrogens (tertiary/aromatic N) is 5. The van der Waals surface area contributed by atoms with E-state index in [0.717, 1.165) is 78.3 Å². The number of pyridine rings is 1. The molecule has 1 aliphatic rings. The third kappa shape index (κ3) is 10.7. The van der Waals surface area contributed by atoms with Gasteiger partial charge in [-0.15, -0.1) is 0 Å². The molecule has 0 fully saturated rings. The van der Waals surface area contributed by atoms with Crippen LogP contribution in [0.25, 0.3) is 99.6 Å². The van der Waals surface area contributed by atoms with Gasteiger partial charge in [0.15, 0.2) is 5.75 Å². The van der Waals surface area contributed by atoms with E-state index < -0.39 is 0 Å². The van der Waals surface area contributed by atoms with E-state index in [0.29, 0.717) is 12.4 Å². The molecule has 0 atom stereocenters. The summed E-state index contributed by atoms with van der Waals surface area (Å²) < 4.78 is 12.3. The van der Waals surface area contributed by atoms with E-state index in [4.69, 9.17) is 9.72 Å². The van der Waals surface area contributed by atoms with Crippen LogP contribution in [0.1, 0.15) is 105 Å². The van der Waals surface area contributed by atoms with Gasteiger partial charge in [-0.2, -0.15) is 0 Å². The van der Waals surface area contributed by atoms with Crippen molar-refractivity contribution >= 4 is 66.4 Å². The maximum absolute atomic E-state index is 7.62. The zero-order valence-electron chi connectivity index (χ0n) is 56.2. The van der Waals surface area contributed by atoms with Gasteiger partial charge in [-0.1, -0.05) is 241 Å². The highest BCUT2D eigenvalue weighted by Gasteiger charge is 2.35. The molecule has 3 aromatic heterocycles. The molecule has 0 amide bonds. The summed E-state index contributed by atoms with van der Waals surface area (Å²) in [6.07, 6.45) is 1.95. The maximum atomic E-state index is 7.62. The van der Waals surface area contributed by atoms with Crippen LogP contribution in [0.5, 0.6) is 11.5 Å². The van der Waals surface area contributed by atoms with Crippen LogP contribution in [-0.4, -0.2) is 20.8 Å². The molecule has 0 aliphatic carbocycles. The smallest absolute Gasteiger partial charge is 0.153 e. The summed E-state index contributed by atoms with van der Waals surface area (Å²) in [5.74, 6) is 2.31. The summed E-state index contributed by atoms with van der Waals surface area (Å²) in [4.78, 5) is 10.2. The van der Waals surface area contributed by atoms with Gasteiger partial charge in [0.2, 0.25) is 0 Å². The van der Waals surface area contributed by atoms with Gasteiger partial charge in [-0.05, 0) is 162 Å². The predicted molar refractivity (Wildman–Crippen MR) is 398 cm³/mol. The Bertz CT molecular complexity index is 5180. The highest BCUT2D eigenvalue weighted by atomic mass is 16.5. The van der Waals surface area contributed by atoms with Crippen LogP contribution in [0.15, 0.2) is 261 Å². The van der Waals surface area contributed by atoms with Crippen molar-refractivity contribution in [3.63, 3.8) is 0 Å². The van der Waals surface area contributed by atoms with Crippen LogP contribution in [0, 0.1) is 0 Å². The maximum Gasteiger partial charge on any atom is 0.153 e. The molecule has 6 heteroatoms. The van der Waals surface area contributed by atoms with Gasteiger partial charge < -0.3 is 19.1 Å². The number of hydrogen-bond donors (Lipinski definition) is 0. The molecule has 0 spiro atoms. The predicted octanol–water partition coefficient (Wildman–Crippen LogP) is 24.2. The van der Waals surface area contributed by atoms with Crippen molar-refractivity contribution in [2.24, 2.45) is 0 Å². The molecule has 0 N–H and O–H groups in total. The fourth-order valence-electron chi connectivity index (χ4n) is 14.1. The molecule has 0 radical (unpaired) electrons. The summed E-state index contributed by atoms with van der Waals surface area (Å²) in [7, 11) is 0. The molecule has 4 heterocycles. The molecule has 0 saturated carbocycles. The molecule has 1 aliphatic heterocycles. The van der Waals surface area contributed by atoms with E-state index in [-0.39, 0.29) is 21.7 Å². The lowest BCUT2D eigenvalue weighted by Gasteiger charge is -2.33. The number of anilines is 4. The SMILES string of the molecule is CC(C)(C)c1ccnc(-n2c3ccc(-c4ccccc4)cc3c3ccc(Oc4cc(N5CN(c6c(-c7ccc(-c8ccccc8)cc7)cc(C(C)(C)C)cc6-c6ccc(C(C)(C)C)cc6C(C)(C)C)c6ccccc65)ccc4-n4c5ccccc5c5ccccc54)cc32)c1. The average molecular weight is 1220 g/mol. The molecule has 0 unspecified atom stereocenters. The monoisotopic (exact) mass is 1220 g/mol. The van der Waals surface area contributed by atoms with Gasteiger partial charge >= 0.3 is 0 Å². The van der Waals surface area contributed by atoms with Crippen LogP contribution in [-0.2, 0) is 21.7 Å². The first kappa shape index (κ1) is 59.8. The van der Waals surface area contributed by atoms with Gasteiger partial charge in [0.25, 0.3) is 0 Å². The van der Waals surface area contributed by atoms with E-state index >= 15 is 0 Å². The normalized spacial score (nSPS) is 13.0. The third-order valence-electron chi connectivity index (χ3n) is 19.3. The second kappa shape index (κ2) is 22.7. The molecule has 0 saturated heterocycles. The zero-order chi connectivity index (χ0) is 65.0. The molecule has 0 bridgehead atoms. The van der Waals surface area contributed by atoms with Crippen LogP contribution in [0.2, 0.25) is 0 Å². The Hall–Kier alpha value is -10.4. The summed E-state index contributed by atoms with van der Waals surface area (Å²) >= 11 is 0. The quantitative estimate of drug-likeness (QED) is 0.137. The molecular weight excluding hydrogens is 1140 g/mol. The summed E-state index contributed by atoms with van der Waals surface area (Å²) in [6.45, 7) is 28.4. The molecule has 464 valence electrons. The number of fused-ring (bicyclic) bond motifs is 7. The van der Waals surface area contributed by atoms with Gasteiger partial charge in [0, 0.05) is 56.7 Å². The van der Waals surface area contributed by atoms with Crippen molar-refractivity contribution in [1.29, 1.82) is 0 Å². The van der Waals surface area contributed by atoms with Crippen LogP contribution in [0.3, 0.4) is 0 Å². The van der Waals surface area contributed by atoms with Crippen LogP contribution in [0.4, 0.5) is 22.7 Å². The highest BCUT2D eigenvalue weighted by molar-refractivity contribution is 6.12. The Kier molecular flexibility index (Phi) is 14.5. The minimum atomic E-state index is -0.173. The van der Waals surface area contributed by atoms with Crippen molar-refractivity contribution in [3.8, 4) is 67.5 Å². The molecule has 15 rings (SSSR count). The average Bonchev–Trinajstić information content (AvgIpc) is 1.45. The number of ether oxygens (including phenoxy) is 1. The van der Waals surface area contributed by atoms with Gasteiger partial charge in [0.1, 0.15) is 18.2 Å². The molecule has 6 nitrogen and oxygen atoms in total. The first-order valence-corrected chi connectivity index (χ1v) is 33.2. The van der Waals surface area contributed by atoms with E-state index in [1.165, 1.54) is 72.1 Å². The lowest BCUT2D eigenvalue weighted by molar-refractivity contribution is 0.481. The van der Waals surface area contributed by atoms with Crippen molar-refractivity contribution < 1.29 is 4.74 Å². The zero-order valence-corrected chi connectivity index (χ0v) is 56.2. The fraction of sp³-hybridized carbons (Fsp3) is 0.193. The largest absolute Gasteiger partial charge is 0.455 e. The first-order valence-electron chi connectivity index (χ1n) is 33.2. The van der Waals surface area contributed by atoms with Crippen molar-refractivity contribution in [1.82, 2.24) is 14.1 Å². The number of rotatable bonds is 10. The Morgan fingerprint density at radius 3 is 1.52 bits per heavy atom. The summed E-state index contributed by atoms with van der Waals surface area (Å²) in [6, 6.07) is 94.0. The number of aromatic nitrogens is 3. The molecular formula is C88H81N5O. The van der Waals surface area contributed by atoms with Crippen molar-refractivity contribution in [2.75, 3.05) is 16.5 Å². The lowest BCUT2D eigenvalue weighted by Crippen LogP contribution is -2.26. The Morgan fingerprint density at radius 1 is 0.330 bits per heavy atom. The Balaban J connectivity index is 0.935. The number of benzene rings is 11. The second-order valence-corrected chi connectivity index (χ2v) is 29.7. The topological polar surface area (TPSA) is 38.5 Å². The summed E-state index contributed by atoms with van der Waals surface area (Å²) in [5, 5.41) is 4.64. The standard InChI is InChI=1S/C88H81N5O/c1-85(2,3)62-40-43-67(74(52-62)88(10,11)12)73-51-64(87(7,8)9)50-71(60-37-35-59(36-38-60)57-25-15-13-16-26-57)84(73)91-56-90(78-33-23-24-34-79(78)91)65-41-46-80(92-75-31-21-19-29-68(75)69-30-20-22-32-76(69)92)82(54-65)94-66-42-44-70-72-49-61(58-27-17-14-18-28-58)39-45-77(72)93(81(70)55-66)83-53-63(47-48-89-83)86(4,5)6/h13-55H,56H2,1-12H3. The van der Waals surface area contributed by atoms with E-state index in [2.05, 4.69) is 357 Å². The van der Waals surface area contributed by atoms with Crippen LogP contribution < -0.4 is 14.5 Å². The Labute approximate surface area is 554 Å². The van der Waals surface area contributed by atoms with Crippen molar-refractivity contribution in [2.45, 2.75) is 105 Å². The molecule has 94 heavy (non-hydrogen) atoms. The summed E-state index contributed by atoms with van der Waals surface area (Å²) in [5.41, 5.74) is 23.9. The lowest BCUT2D eigenvalue weighted by atomic mass is 9.75. The molecule has 14 aromatic rings. The van der Waals surface area contributed by atoms with E-state index in [1.807, 2.05) is 6.20 Å². The number of hydrogen-bond acceptors (Lipinski definition) is 4. The Morgan fingerprint density at radius 2 is 0.872 bits per heavy atom. The highest BCUT2D eigenvalue weighted by Crippen LogP contribution is 2.54. The van der Waals surface area contributed by atoms with E-state index in [1.54, 1.807) is 0 Å². The van der Waals surface area contributed by atoms with Gasteiger partial charge in [0.05, 0.1) is 44.8 Å². The second-order valence-electron chi connectivity index (χ2n) is 29.7. The first-order chi connectivity index (χ1) is 45.1. The van der Waals surface area contributed by atoms with Gasteiger partial charge in [-0.25, -0.2) is 4.98 Å². The minimum Gasteiger partial charge on any atom is -0.455 e. The van der Waals surface area contributed by atoms with Crippen molar-refractivity contribution in [3.05, 3.63) is 283 Å². The minimum absolute atomic E-state index is 0.0373. The van der Waals surface area contributed by atoms with E-state index in [9.17, 15) is 0 Å². The molecule has 11 aromatic carbocycles. The fourth-order valence-corrected chi connectivity index (χ4v) is 14.1. The third-order valence-corrected chi connectivity index (χ3v) is 19.3. The van der Waals surface area contributed by atoms with Gasteiger partial charge in [-0.3, -0.25) is 4.57 Å². The van der Waals surface area contributed by atoms with Crippen LogP contribution >= 0.6 is 0 Å². The number of para-hydroxylation sites is 4.